The number of benzene rings is 2. The van der Waals surface area contributed by atoms with Crippen LogP contribution in [-0.4, -0.2) is 13.1 Å². The summed E-state index contributed by atoms with van der Waals surface area (Å²) in [5.74, 6) is -0.353. The highest BCUT2D eigenvalue weighted by atomic mass is 35.5. The Kier molecular flexibility index (Phi) is 4.64. The molecule has 2 aromatic rings. The van der Waals surface area contributed by atoms with Gasteiger partial charge in [-0.2, -0.15) is 0 Å². The Bertz CT molecular complexity index is 599. The molecule has 3 nitrogen and oxygen atoms in total. The zero-order chi connectivity index (χ0) is 14.5. The average Bonchev–Trinajstić information content (AvgIpc) is 2.48. The van der Waals surface area contributed by atoms with Gasteiger partial charge in [0.25, 0.3) is 0 Å². The minimum absolute atomic E-state index is 0.353. The number of para-hydroxylation sites is 1. The van der Waals surface area contributed by atoms with E-state index in [9.17, 15) is 4.79 Å². The van der Waals surface area contributed by atoms with Crippen molar-refractivity contribution in [2.75, 3.05) is 12.4 Å². The maximum Gasteiger partial charge on any atom is 0.332 e. The highest BCUT2D eigenvalue weighted by Gasteiger charge is 2.21. The molecule has 20 heavy (non-hydrogen) atoms. The fourth-order valence-corrected chi connectivity index (χ4v) is 2.07. The van der Waals surface area contributed by atoms with E-state index in [4.69, 9.17) is 16.3 Å². The summed E-state index contributed by atoms with van der Waals surface area (Å²) in [6.07, 6.45) is 0. The Morgan fingerprint density at radius 2 is 1.90 bits per heavy atom. The molecule has 0 aliphatic carbocycles. The van der Waals surface area contributed by atoms with Gasteiger partial charge in [-0.15, -0.1) is 0 Å². The third kappa shape index (κ3) is 3.31. The minimum Gasteiger partial charge on any atom is -0.467 e. The van der Waals surface area contributed by atoms with Gasteiger partial charge < -0.3 is 10.1 Å². The molecule has 0 fully saturated rings. The zero-order valence-corrected chi connectivity index (χ0v) is 12.1. The second-order valence-electron chi connectivity index (χ2n) is 4.48. The predicted octanol–water partition coefficient (Wildman–Crippen LogP) is 3.97. The van der Waals surface area contributed by atoms with Crippen molar-refractivity contribution in [2.45, 2.75) is 13.0 Å². The summed E-state index contributed by atoms with van der Waals surface area (Å²) in [4.78, 5) is 12.0. The number of methoxy groups -OCH3 is 1. The molecule has 2 rings (SSSR count). The molecule has 0 saturated heterocycles. The molecule has 0 aliphatic rings. The monoisotopic (exact) mass is 289 g/mol. The van der Waals surface area contributed by atoms with Crippen molar-refractivity contribution in [3.63, 3.8) is 0 Å². The van der Waals surface area contributed by atoms with E-state index >= 15 is 0 Å². The molecule has 2 aromatic carbocycles. The molecule has 0 aromatic heterocycles. The summed E-state index contributed by atoms with van der Waals surface area (Å²) in [5, 5.41) is 3.79. The van der Waals surface area contributed by atoms with Crippen LogP contribution in [0.5, 0.6) is 0 Å². The fraction of sp³-hybridized carbons (Fsp3) is 0.188. The van der Waals surface area contributed by atoms with E-state index in [-0.39, 0.29) is 5.97 Å². The van der Waals surface area contributed by atoms with Gasteiger partial charge in [0.15, 0.2) is 6.04 Å². The lowest BCUT2D eigenvalue weighted by molar-refractivity contribution is -0.141. The first-order valence-electron chi connectivity index (χ1n) is 6.27. The maximum atomic E-state index is 12.0. The molecule has 0 amide bonds. The number of carbonyl (C=O) groups is 1. The quantitative estimate of drug-likeness (QED) is 0.866. The van der Waals surface area contributed by atoms with Gasteiger partial charge >= 0.3 is 5.97 Å². The van der Waals surface area contributed by atoms with Crippen LogP contribution in [0.1, 0.15) is 17.2 Å². The van der Waals surface area contributed by atoms with Gasteiger partial charge in [0.05, 0.1) is 7.11 Å². The van der Waals surface area contributed by atoms with Crippen LogP contribution < -0.4 is 5.32 Å². The van der Waals surface area contributed by atoms with Crippen LogP contribution in [0.15, 0.2) is 48.5 Å². The van der Waals surface area contributed by atoms with Gasteiger partial charge in [-0.25, -0.2) is 4.79 Å². The van der Waals surface area contributed by atoms with E-state index in [0.29, 0.717) is 5.02 Å². The molecule has 4 heteroatoms. The molecule has 0 heterocycles. The number of hydrogen-bond donors (Lipinski definition) is 1. The summed E-state index contributed by atoms with van der Waals surface area (Å²) < 4.78 is 4.86. The van der Waals surface area contributed by atoms with Crippen LogP contribution in [0.4, 0.5) is 5.69 Å². The molecule has 0 spiro atoms. The third-order valence-corrected chi connectivity index (χ3v) is 3.46. The van der Waals surface area contributed by atoms with Gasteiger partial charge in [-0.1, -0.05) is 41.9 Å². The van der Waals surface area contributed by atoms with Crippen molar-refractivity contribution in [1.29, 1.82) is 0 Å². The van der Waals surface area contributed by atoms with E-state index in [0.717, 1.165) is 16.8 Å². The summed E-state index contributed by atoms with van der Waals surface area (Å²) >= 11 is 6.13. The Hall–Kier alpha value is -2.00. The number of aryl methyl sites for hydroxylation is 1. The lowest BCUT2D eigenvalue weighted by Gasteiger charge is -2.18. The average molecular weight is 290 g/mol. The standard InChI is InChI=1S/C16H16ClNO2/c1-11-8-9-12(10-14(11)17)15(16(19)20-2)18-13-6-4-3-5-7-13/h3-10,15,18H,1-2H3. The molecular weight excluding hydrogens is 274 g/mol. The molecular formula is C16H16ClNO2. The number of ether oxygens (including phenoxy) is 1. The van der Waals surface area contributed by atoms with Gasteiger partial charge in [0, 0.05) is 10.7 Å². The van der Waals surface area contributed by atoms with E-state index in [1.54, 1.807) is 6.07 Å². The lowest BCUT2D eigenvalue weighted by Crippen LogP contribution is -2.22. The minimum atomic E-state index is -0.583. The smallest absolute Gasteiger partial charge is 0.332 e. The first-order valence-corrected chi connectivity index (χ1v) is 6.65. The SMILES string of the molecule is COC(=O)C(Nc1ccccc1)c1ccc(C)c(Cl)c1. The number of hydrogen-bond acceptors (Lipinski definition) is 3. The van der Waals surface area contributed by atoms with Gasteiger partial charge in [-0.05, 0) is 36.2 Å². The first kappa shape index (κ1) is 14.4. The van der Waals surface area contributed by atoms with Crippen molar-refractivity contribution in [2.24, 2.45) is 0 Å². The van der Waals surface area contributed by atoms with E-state index in [1.165, 1.54) is 7.11 Å². The summed E-state index contributed by atoms with van der Waals surface area (Å²) in [6.45, 7) is 1.92. The van der Waals surface area contributed by atoms with E-state index in [1.807, 2.05) is 49.4 Å². The van der Waals surface area contributed by atoms with Crippen LogP contribution in [0.3, 0.4) is 0 Å². The number of anilines is 1. The van der Waals surface area contributed by atoms with Crippen molar-refractivity contribution >= 4 is 23.3 Å². The van der Waals surface area contributed by atoms with Crippen LogP contribution in [0, 0.1) is 6.92 Å². The molecule has 104 valence electrons. The van der Waals surface area contributed by atoms with Crippen molar-refractivity contribution < 1.29 is 9.53 Å². The van der Waals surface area contributed by atoms with Gasteiger partial charge in [0.1, 0.15) is 0 Å². The van der Waals surface area contributed by atoms with Crippen LogP contribution in [-0.2, 0) is 9.53 Å². The molecule has 0 aliphatic heterocycles. The topological polar surface area (TPSA) is 38.3 Å². The number of nitrogens with one attached hydrogen (secondary N) is 1. The Morgan fingerprint density at radius 1 is 1.20 bits per heavy atom. The number of halogens is 1. The summed E-state index contributed by atoms with van der Waals surface area (Å²) in [7, 11) is 1.37. The summed E-state index contributed by atoms with van der Waals surface area (Å²) in [5.41, 5.74) is 2.59. The van der Waals surface area contributed by atoms with Crippen molar-refractivity contribution in [1.82, 2.24) is 0 Å². The zero-order valence-electron chi connectivity index (χ0n) is 11.4. The van der Waals surface area contributed by atoms with E-state index < -0.39 is 6.04 Å². The number of carbonyl (C=O) groups excluding carboxylic acids is 1. The van der Waals surface area contributed by atoms with Gasteiger partial charge in [-0.3, -0.25) is 0 Å². The highest BCUT2D eigenvalue weighted by molar-refractivity contribution is 6.31. The van der Waals surface area contributed by atoms with Crippen molar-refractivity contribution in [3.05, 3.63) is 64.7 Å². The normalized spacial score (nSPS) is 11.8. The van der Waals surface area contributed by atoms with Crippen molar-refractivity contribution in [3.8, 4) is 0 Å². The largest absolute Gasteiger partial charge is 0.467 e. The van der Waals surface area contributed by atoms with E-state index in [2.05, 4.69) is 5.32 Å². The Morgan fingerprint density at radius 3 is 2.50 bits per heavy atom. The number of rotatable bonds is 4. The highest BCUT2D eigenvalue weighted by Crippen LogP contribution is 2.25. The fourth-order valence-electron chi connectivity index (χ4n) is 1.89. The Balaban J connectivity index is 2.32. The van der Waals surface area contributed by atoms with Gasteiger partial charge in [0.2, 0.25) is 0 Å². The Labute approximate surface area is 123 Å². The third-order valence-electron chi connectivity index (χ3n) is 3.05. The second kappa shape index (κ2) is 6.44. The molecule has 0 bridgehead atoms. The molecule has 1 unspecified atom stereocenters. The van der Waals surface area contributed by atoms with Crippen LogP contribution in [0.2, 0.25) is 5.02 Å². The molecule has 1 N–H and O–H groups in total. The first-order chi connectivity index (χ1) is 9.61. The molecule has 0 radical (unpaired) electrons. The predicted molar refractivity (Wildman–Crippen MR) is 81.0 cm³/mol. The molecule has 1 atom stereocenters. The lowest BCUT2D eigenvalue weighted by atomic mass is 10.0. The summed E-state index contributed by atoms with van der Waals surface area (Å²) in [6, 6.07) is 14.5. The van der Waals surface area contributed by atoms with Crippen LogP contribution in [0.25, 0.3) is 0 Å². The molecule has 0 saturated carbocycles. The maximum absolute atomic E-state index is 12.0. The van der Waals surface area contributed by atoms with Crippen LogP contribution >= 0.6 is 11.6 Å². The number of esters is 1. The second-order valence-corrected chi connectivity index (χ2v) is 4.88.